The fourth-order valence-corrected chi connectivity index (χ4v) is 3.84. The number of carbonyl (C=O) groups excluding carboxylic acids is 1. The van der Waals surface area contributed by atoms with Gasteiger partial charge >= 0.3 is 0 Å². The fraction of sp³-hybridized carbons (Fsp3) is 0.160. The van der Waals surface area contributed by atoms with Gasteiger partial charge in [0.25, 0.3) is 5.91 Å². The first-order chi connectivity index (χ1) is 14.7. The fourth-order valence-electron chi connectivity index (χ4n) is 3.84. The monoisotopic (exact) mass is 395 g/mol. The van der Waals surface area contributed by atoms with Crippen LogP contribution in [0.1, 0.15) is 12.5 Å². The van der Waals surface area contributed by atoms with E-state index in [0.29, 0.717) is 12.3 Å². The molecule has 2 heterocycles. The summed E-state index contributed by atoms with van der Waals surface area (Å²) < 4.78 is 5.94. The van der Waals surface area contributed by atoms with Gasteiger partial charge in [-0.25, -0.2) is 4.98 Å². The van der Waals surface area contributed by atoms with E-state index in [-0.39, 0.29) is 5.91 Å². The van der Waals surface area contributed by atoms with Crippen molar-refractivity contribution in [1.29, 1.82) is 0 Å². The van der Waals surface area contributed by atoms with Crippen molar-refractivity contribution in [2.45, 2.75) is 19.4 Å². The molecule has 1 aromatic heterocycles. The van der Waals surface area contributed by atoms with Crippen LogP contribution in [0.4, 0.5) is 5.69 Å². The van der Waals surface area contributed by atoms with Gasteiger partial charge in [-0.1, -0.05) is 30.3 Å². The Morgan fingerprint density at radius 1 is 0.967 bits per heavy atom. The lowest BCUT2D eigenvalue weighted by Crippen LogP contribution is -2.39. The number of ether oxygens (including phenoxy) is 1. The molecule has 0 saturated carbocycles. The number of carbonyl (C=O) groups is 1. The second-order valence-corrected chi connectivity index (χ2v) is 7.40. The minimum absolute atomic E-state index is 0.0237. The predicted molar refractivity (Wildman–Crippen MR) is 118 cm³/mol. The number of aromatic nitrogens is 2. The smallest absolute Gasteiger partial charge is 0.267 e. The lowest BCUT2D eigenvalue weighted by atomic mass is 10.1. The Balaban J connectivity index is 1.30. The number of para-hydroxylation sites is 3. The number of hydrogen-bond donors (Lipinski definition) is 0. The molecule has 3 aromatic carbocycles. The third-order valence-corrected chi connectivity index (χ3v) is 5.41. The number of fused-ring (bicyclic) bond motifs is 2. The molecule has 1 amide bonds. The molecule has 0 saturated heterocycles. The molecule has 1 aliphatic rings. The third-order valence-electron chi connectivity index (χ3n) is 5.41. The molecule has 1 aliphatic heterocycles. The van der Waals surface area contributed by atoms with Gasteiger partial charge in [0.2, 0.25) is 0 Å². The summed E-state index contributed by atoms with van der Waals surface area (Å²) in [4.78, 5) is 23.9. The van der Waals surface area contributed by atoms with Crippen LogP contribution in [-0.2, 0) is 11.2 Å². The normalized spacial score (nSPS) is 13.8. The summed E-state index contributed by atoms with van der Waals surface area (Å²) in [6.07, 6.45) is 2.09. The summed E-state index contributed by atoms with van der Waals surface area (Å²) in [5.41, 5.74) is 5.69. The highest BCUT2D eigenvalue weighted by Crippen LogP contribution is 2.29. The highest BCUT2D eigenvalue weighted by atomic mass is 16.5. The summed E-state index contributed by atoms with van der Waals surface area (Å²) in [7, 11) is 0. The maximum Gasteiger partial charge on any atom is 0.267 e. The Bertz CT molecular complexity index is 1220. The van der Waals surface area contributed by atoms with Crippen LogP contribution in [0, 0.1) is 0 Å². The van der Waals surface area contributed by atoms with Crippen molar-refractivity contribution in [3.63, 3.8) is 0 Å². The molecule has 1 unspecified atom stereocenters. The second kappa shape index (κ2) is 7.59. The topological polar surface area (TPSA) is 55.3 Å². The molecule has 5 heteroatoms. The van der Waals surface area contributed by atoms with Crippen molar-refractivity contribution in [2.75, 3.05) is 11.4 Å². The third kappa shape index (κ3) is 3.39. The van der Waals surface area contributed by atoms with Crippen molar-refractivity contribution >= 4 is 22.6 Å². The van der Waals surface area contributed by atoms with Gasteiger partial charge in [-0.2, -0.15) is 0 Å². The minimum Gasteiger partial charge on any atom is -0.481 e. The Labute approximate surface area is 175 Å². The zero-order chi connectivity index (χ0) is 20.5. The highest BCUT2D eigenvalue weighted by Gasteiger charge is 2.28. The number of benzene rings is 3. The van der Waals surface area contributed by atoms with Crippen molar-refractivity contribution in [2.24, 2.45) is 0 Å². The van der Waals surface area contributed by atoms with Crippen LogP contribution in [0.25, 0.3) is 22.3 Å². The van der Waals surface area contributed by atoms with E-state index in [1.54, 1.807) is 13.1 Å². The standard InChI is InChI=1S/C25H21N3O2/c1-17(25(29)28-15-14-19-6-2-5-9-24(19)28)30-20-12-10-18(11-13-20)23-16-26-21-7-3-4-8-22(21)27-23/h2-13,16-17H,14-15H2,1H3. The first kappa shape index (κ1) is 18.3. The van der Waals surface area contributed by atoms with Crippen LogP contribution < -0.4 is 9.64 Å². The molecular formula is C25H21N3O2. The number of hydrogen-bond acceptors (Lipinski definition) is 4. The molecule has 0 fully saturated rings. The number of rotatable bonds is 4. The zero-order valence-electron chi connectivity index (χ0n) is 16.7. The predicted octanol–water partition coefficient (Wildman–Crippen LogP) is 4.65. The Morgan fingerprint density at radius 2 is 1.70 bits per heavy atom. The summed E-state index contributed by atoms with van der Waals surface area (Å²) in [5, 5.41) is 0. The summed E-state index contributed by atoms with van der Waals surface area (Å²) in [5.74, 6) is 0.630. The van der Waals surface area contributed by atoms with Crippen LogP contribution in [0.5, 0.6) is 5.75 Å². The summed E-state index contributed by atoms with van der Waals surface area (Å²) in [6, 6.07) is 23.5. The molecule has 0 aliphatic carbocycles. The van der Waals surface area contributed by atoms with Gasteiger partial charge in [-0.15, -0.1) is 0 Å². The van der Waals surface area contributed by atoms with E-state index in [1.165, 1.54) is 5.56 Å². The molecule has 4 aromatic rings. The molecule has 30 heavy (non-hydrogen) atoms. The minimum atomic E-state index is -0.567. The van der Waals surface area contributed by atoms with E-state index < -0.39 is 6.10 Å². The molecule has 0 spiro atoms. The molecule has 0 bridgehead atoms. The second-order valence-electron chi connectivity index (χ2n) is 7.40. The Morgan fingerprint density at radius 3 is 2.53 bits per heavy atom. The van der Waals surface area contributed by atoms with Crippen molar-refractivity contribution in [3.8, 4) is 17.0 Å². The van der Waals surface area contributed by atoms with E-state index in [9.17, 15) is 4.79 Å². The molecule has 0 N–H and O–H groups in total. The van der Waals surface area contributed by atoms with E-state index >= 15 is 0 Å². The van der Waals surface area contributed by atoms with Gasteiger partial charge in [0.15, 0.2) is 6.10 Å². The SMILES string of the molecule is CC(Oc1ccc(-c2cnc3ccccc3n2)cc1)C(=O)N1CCc2ccccc21. The first-order valence-corrected chi connectivity index (χ1v) is 10.1. The van der Waals surface area contributed by atoms with Crippen molar-refractivity contribution in [3.05, 3.63) is 84.6 Å². The molecule has 148 valence electrons. The molecular weight excluding hydrogens is 374 g/mol. The Hall–Kier alpha value is -3.73. The van der Waals surface area contributed by atoms with Gasteiger partial charge in [-0.3, -0.25) is 9.78 Å². The molecule has 1 atom stereocenters. The van der Waals surface area contributed by atoms with E-state index in [2.05, 4.69) is 16.0 Å². The van der Waals surface area contributed by atoms with Gasteiger partial charge in [0.1, 0.15) is 5.75 Å². The zero-order valence-corrected chi connectivity index (χ0v) is 16.7. The quantitative estimate of drug-likeness (QED) is 0.505. The van der Waals surface area contributed by atoms with Crippen LogP contribution in [0.15, 0.2) is 79.0 Å². The summed E-state index contributed by atoms with van der Waals surface area (Å²) >= 11 is 0. The Kier molecular flexibility index (Phi) is 4.64. The average molecular weight is 395 g/mol. The van der Waals surface area contributed by atoms with E-state index in [4.69, 9.17) is 4.74 Å². The van der Waals surface area contributed by atoms with Crippen LogP contribution in [-0.4, -0.2) is 28.5 Å². The molecule has 5 nitrogen and oxygen atoms in total. The van der Waals surface area contributed by atoms with E-state index in [1.807, 2.05) is 71.6 Å². The van der Waals surface area contributed by atoms with Crippen LogP contribution >= 0.6 is 0 Å². The van der Waals surface area contributed by atoms with Gasteiger partial charge in [0, 0.05) is 17.8 Å². The van der Waals surface area contributed by atoms with Gasteiger partial charge < -0.3 is 9.64 Å². The van der Waals surface area contributed by atoms with Gasteiger partial charge in [0.05, 0.1) is 22.9 Å². The highest BCUT2D eigenvalue weighted by molar-refractivity contribution is 5.98. The summed E-state index contributed by atoms with van der Waals surface area (Å²) in [6.45, 7) is 2.50. The number of anilines is 1. The number of amides is 1. The maximum atomic E-state index is 12.9. The lowest BCUT2D eigenvalue weighted by molar-refractivity contribution is -0.124. The van der Waals surface area contributed by atoms with Crippen molar-refractivity contribution in [1.82, 2.24) is 9.97 Å². The van der Waals surface area contributed by atoms with Gasteiger partial charge in [-0.05, 0) is 61.4 Å². The largest absolute Gasteiger partial charge is 0.481 e. The average Bonchev–Trinajstić information content (AvgIpc) is 3.23. The van der Waals surface area contributed by atoms with Crippen molar-refractivity contribution < 1.29 is 9.53 Å². The van der Waals surface area contributed by atoms with E-state index in [0.717, 1.165) is 34.4 Å². The lowest BCUT2D eigenvalue weighted by Gasteiger charge is -2.22. The van der Waals surface area contributed by atoms with Crippen LogP contribution in [0.3, 0.4) is 0 Å². The molecule has 5 rings (SSSR count). The number of nitrogens with zero attached hydrogens (tertiary/aromatic N) is 3. The first-order valence-electron chi connectivity index (χ1n) is 10.1. The van der Waals surface area contributed by atoms with Crippen LogP contribution in [0.2, 0.25) is 0 Å². The molecule has 0 radical (unpaired) electrons. The maximum absolute atomic E-state index is 12.9.